The van der Waals surface area contributed by atoms with Gasteiger partial charge in [0.25, 0.3) is 5.56 Å². The molecule has 6 nitrogen and oxygen atoms in total. The molecule has 0 aromatic carbocycles. The van der Waals surface area contributed by atoms with E-state index in [0.29, 0.717) is 29.2 Å². The SMILES string of the molecule is CCCCn1c(SCc2nc(-c3cccs3)no2)nc2sc(C)c(C)c2c1=O. The largest absolute Gasteiger partial charge is 0.338 e. The van der Waals surface area contributed by atoms with Crippen LogP contribution in [0, 0.1) is 13.8 Å². The summed E-state index contributed by atoms with van der Waals surface area (Å²) < 4.78 is 7.18. The average molecular weight is 433 g/mol. The molecule has 0 fully saturated rings. The van der Waals surface area contributed by atoms with Crippen molar-refractivity contribution in [3.8, 4) is 10.7 Å². The first-order chi connectivity index (χ1) is 13.6. The smallest absolute Gasteiger partial charge is 0.263 e. The van der Waals surface area contributed by atoms with Crippen LogP contribution >= 0.6 is 34.4 Å². The highest BCUT2D eigenvalue weighted by Crippen LogP contribution is 2.30. The zero-order chi connectivity index (χ0) is 19.7. The van der Waals surface area contributed by atoms with E-state index in [0.717, 1.165) is 38.4 Å². The number of rotatable bonds is 7. The van der Waals surface area contributed by atoms with Crippen LogP contribution in [0.25, 0.3) is 20.9 Å². The Morgan fingerprint density at radius 1 is 1.29 bits per heavy atom. The molecule has 0 spiro atoms. The highest BCUT2D eigenvalue weighted by Gasteiger charge is 2.18. The summed E-state index contributed by atoms with van der Waals surface area (Å²) in [6.45, 7) is 6.82. The molecule has 0 saturated carbocycles. The van der Waals surface area contributed by atoms with Crippen molar-refractivity contribution in [3.05, 3.63) is 44.2 Å². The fourth-order valence-corrected chi connectivity index (χ4v) is 5.46. The number of fused-ring (bicyclic) bond motifs is 1. The first-order valence-corrected chi connectivity index (χ1v) is 11.8. The predicted octanol–water partition coefficient (Wildman–Crippen LogP) is 5.28. The number of hydrogen-bond donors (Lipinski definition) is 0. The zero-order valence-electron chi connectivity index (χ0n) is 15.9. The lowest BCUT2D eigenvalue weighted by atomic mass is 10.2. The Morgan fingerprint density at radius 3 is 2.89 bits per heavy atom. The van der Waals surface area contributed by atoms with Crippen LogP contribution in [-0.4, -0.2) is 19.7 Å². The standard InChI is InChI=1S/C19H20N4O2S3/c1-4-5-8-23-18(24)15-11(2)12(3)28-17(15)21-19(23)27-10-14-20-16(22-25-14)13-7-6-9-26-13/h6-7,9H,4-5,8,10H2,1-3H3. The van der Waals surface area contributed by atoms with E-state index >= 15 is 0 Å². The molecule has 4 rings (SSSR count). The lowest BCUT2D eigenvalue weighted by molar-refractivity contribution is 0.391. The van der Waals surface area contributed by atoms with Gasteiger partial charge in [0.2, 0.25) is 11.7 Å². The van der Waals surface area contributed by atoms with E-state index in [9.17, 15) is 4.79 Å². The Balaban J connectivity index is 1.64. The summed E-state index contributed by atoms with van der Waals surface area (Å²) >= 11 is 4.62. The molecule has 28 heavy (non-hydrogen) atoms. The minimum absolute atomic E-state index is 0.0487. The maximum Gasteiger partial charge on any atom is 0.263 e. The van der Waals surface area contributed by atoms with Gasteiger partial charge in [-0.1, -0.05) is 36.3 Å². The number of hydrogen-bond acceptors (Lipinski definition) is 8. The molecule has 0 unspecified atom stereocenters. The molecule has 9 heteroatoms. The van der Waals surface area contributed by atoms with Crippen molar-refractivity contribution in [2.75, 3.05) is 0 Å². The van der Waals surface area contributed by atoms with E-state index in [1.165, 1.54) is 11.8 Å². The third-order valence-electron chi connectivity index (χ3n) is 4.52. The number of thiophene rings is 2. The number of thioether (sulfide) groups is 1. The van der Waals surface area contributed by atoms with Crippen LogP contribution in [0.15, 0.2) is 32.0 Å². The summed E-state index contributed by atoms with van der Waals surface area (Å²) in [5.74, 6) is 1.61. The third kappa shape index (κ3) is 3.66. The summed E-state index contributed by atoms with van der Waals surface area (Å²) in [6, 6.07) is 3.92. The van der Waals surface area contributed by atoms with Crippen LogP contribution in [0.5, 0.6) is 0 Å². The molecule has 4 heterocycles. The number of aryl methyl sites for hydroxylation is 2. The second-order valence-electron chi connectivity index (χ2n) is 6.45. The quantitative estimate of drug-likeness (QED) is 0.292. The van der Waals surface area contributed by atoms with E-state index in [1.54, 1.807) is 27.2 Å². The topological polar surface area (TPSA) is 73.8 Å². The van der Waals surface area contributed by atoms with Crippen molar-refractivity contribution in [2.24, 2.45) is 0 Å². The molecule has 0 amide bonds. The molecule has 0 aliphatic rings. The lowest BCUT2D eigenvalue weighted by Gasteiger charge is -2.11. The van der Waals surface area contributed by atoms with Gasteiger partial charge >= 0.3 is 0 Å². The molecule has 4 aromatic rings. The molecule has 146 valence electrons. The van der Waals surface area contributed by atoms with Gasteiger partial charge in [-0.15, -0.1) is 22.7 Å². The first kappa shape index (κ1) is 19.4. The van der Waals surface area contributed by atoms with Crippen LogP contribution in [-0.2, 0) is 12.3 Å². The number of nitrogens with zero attached hydrogens (tertiary/aromatic N) is 4. The molecule has 0 aliphatic carbocycles. The molecular formula is C19H20N4O2S3. The molecule has 0 aliphatic heterocycles. The minimum Gasteiger partial charge on any atom is -0.338 e. The van der Waals surface area contributed by atoms with Crippen molar-refractivity contribution < 1.29 is 4.52 Å². The van der Waals surface area contributed by atoms with Gasteiger partial charge < -0.3 is 4.52 Å². The van der Waals surface area contributed by atoms with Crippen LogP contribution in [0.2, 0.25) is 0 Å². The van der Waals surface area contributed by atoms with Gasteiger partial charge in [-0.2, -0.15) is 4.98 Å². The van der Waals surface area contributed by atoms with Crippen LogP contribution in [0.1, 0.15) is 36.1 Å². The van der Waals surface area contributed by atoms with Gasteiger partial charge in [-0.25, -0.2) is 4.98 Å². The van der Waals surface area contributed by atoms with Crippen LogP contribution in [0.4, 0.5) is 0 Å². The second-order valence-corrected chi connectivity index (χ2v) is 9.54. The van der Waals surface area contributed by atoms with Gasteiger partial charge in [-0.05, 0) is 37.3 Å². The summed E-state index contributed by atoms with van der Waals surface area (Å²) in [7, 11) is 0. The van der Waals surface area contributed by atoms with Crippen molar-refractivity contribution >= 4 is 44.7 Å². The summed E-state index contributed by atoms with van der Waals surface area (Å²) in [5.41, 5.74) is 1.09. The first-order valence-electron chi connectivity index (χ1n) is 9.08. The molecule has 0 N–H and O–H groups in total. The third-order valence-corrected chi connectivity index (χ3v) is 7.45. The summed E-state index contributed by atoms with van der Waals surface area (Å²) in [4.78, 5) is 25.3. The molecule has 4 aromatic heterocycles. The van der Waals surface area contributed by atoms with Crippen molar-refractivity contribution in [2.45, 2.75) is 51.1 Å². The molecule has 0 atom stereocenters. The van der Waals surface area contributed by atoms with Crippen molar-refractivity contribution in [1.82, 2.24) is 19.7 Å². The van der Waals surface area contributed by atoms with E-state index in [4.69, 9.17) is 9.51 Å². The minimum atomic E-state index is 0.0487. The van der Waals surface area contributed by atoms with Gasteiger partial charge in [0, 0.05) is 11.4 Å². The van der Waals surface area contributed by atoms with Gasteiger partial charge in [0.15, 0.2) is 5.16 Å². The van der Waals surface area contributed by atoms with Crippen LogP contribution in [0.3, 0.4) is 0 Å². The number of aromatic nitrogens is 4. The van der Waals surface area contributed by atoms with E-state index in [2.05, 4.69) is 17.1 Å². The van der Waals surface area contributed by atoms with Gasteiger partial charge in [0.1, 0.15) is 4.83 Å². The highest BCUT2D eigenvalue weighted by atomic mass is 32.2. The second kappa shape index (κ2) is 8.18. The van der Waals surface area contributed by atoms with Gasteiger partial charge in [-0.3, -0.25) is 9.36 Å². The van der Waals surface area contributed by atoms with Gasteiger partial charge in [0.05, 0.1) is 16.0 Å². The Bertz CT molecular complexity index is 1160. The Morgan fingerprint density at radius 2 is 2.14 bits per heavy atom. The van der Waals surface area contributed by atoms with E-state index in [-0.39, 0.29) is 5.56 Å². The maximum absolute atomic E-state index is 13.1. The summed E-state index contributed by atoms with van der Waals surface area (Å²) in [6.07, 6.45) is 1.95. The predicted molar refractivity (Wildman–Crippen MR) is 115 cm³/mol. The Hall–Kier alpha value is -1.97. The number of unbranched alkanes of at least 4 members (excludes halogenated alkanes) is 1. The van der Waals surface area contributed by atoms with Crippen molar-refractivity contribution in [3.63, 3.8) is 0 Å². The Kier molecular flexibility index (Phi) is 5.65. The molecule has 0 radical (unpaired) electrons. The normalized spacial score (nSPS) is 11.5. The average Bonchev–Trinajstić information content (AvgIpc) is 3.41. The fourth-order valence-electron chi connectivity index (χ4n) is 2.88. The highest BCUT2D eigenvalue weighted by molar-refractivity contribution is 7.98. The molecule has 0 bridgehead atoms. The Labute approximate surface area is 174 Å². The van der Waals surface area contributed by atoms with E-state index < -0.39 is 0 Å². The fraction of sp³-hybridized carbons (Fsp3) is 0.368. The monoisotopic (exact) mass is 432 g/mol. The van der Waals surface area contributed by atoms with Crippen LogP contribution < -0.4 is 5.56 Å². The lowest BCUT2D eigenvalue weighted by Crippen LogP contribution is -2.23. The molecular weight excluding hydrogens is 412 g/mol. The van der Waals surface area contributed by atoms with Crippen molar-refractivity contribution in [1.29, 1.82) is 0 Å². The molecule has 0 saturated heterocycles. The van der Waals surface area contributed by atoms with E-state index in [1.807, 2.05) is 31.4 Å². The summed E-state index contributed by atoms with van der Waals surface area (Å²) in [5, 5.41) is 7.49. The zero-order valence-corrected chi connectivity index (χ0v) is 18.3. The maximum atomic E-state index is 13.1.